The Balaban J connectivity index is 1.81. The van der Waals surface area contributed by atoms with Gasteiger partial charge >= 0.3 is 5.97 Å². The van der Waals surface area contributed by atoms with Crippen LogP contribution in [0.25, 0.3) is 0 Å². The molecule has 11 atom stereocenters. The van der Waals surface area contributed by atoms with E-state index < -0.39 is 66.0 Å². The third-order valence-corrected chi connectivity index (χ3v) is 11.6. The fourth-order valence-electron chi connectivity index (χ4n) is 8.14. The van der Waals surface area contributed by atoms with Crippen LogP contribution in [0.2, 0.25) is 0 Å². The molecule has 1 saturated heterocycles. The minimum absolute atomic E-state index is 0.00943. The average molecular weight is 762 g/mol. The number of nitrogens with zero attached hydrogens (tertiary/aromatic N) is 2. The summed E-state index contributed by atoms with van der Waals surface area (Å²) in [7, 11) is 6.41. The van der Waals surface area contributed by atoms with Gasteiger partial charge in [0.15, 0.2) is 0 Å². The Morgan fingerprint density at radius 3 is 2.09 bits per heavy atom. The van der Waals surface area contributed by atoms with E-state index in [1.54, 1.807) is 36.9 Å². The van der Waals surface area contributed by atoms with E-state index in [0.29, 0.717) is 12.8 Å². The van der Waals surface area contributed by atoms with E-state index in [2.05, 4.69) is 16.0 Å². The normalized spacial score (nSPS) is 22.3. The second kappa shape index (κ2) is 19.8. The van der Waals surface area contributed by atoms with E-state index in [9.17, 15) is 33.5 Å². The molecule has 1 aromatic rings. The van der Waals surface area contributed by atoms with E-state index in [-0.39, 0.29) is 65.8 Å². The number of likely N-dealkylation sites (tertiary alicyclic amines) is 1. The molecular weight excluding hydrogens is 697 g/mol. The smallest absolute Gasteiger partial charge is 0.326 e. The van der Waals surface area contributed by atoms with Gasteiger partial charge < -0.3 is 40.3 Å². The van der Waals surface area contributed by atoms with E-state index >= 15 is 0 Å². The first kappa shape index (κ1) is 44.8. The summed E-state index contributed by atoms with van der Waals surface area (Å²) in [5, 5.41) is 18.4. The number of benzene rings is 1. The van der Waals surface area contributed by atoms with Crippen molar-refractivity contribution in [1.82, 2.24) is 25.8 Å². The van der Waals surface area contributed by atoms with Gasteiger partial charge in [-0.15, -0.1) is 0 Å². The lowest BCUT2D eigenvalue weighted by atomic mass is 9.89. The van der Waals surface area contributed by atoms with E-state index in [1.807, 2.05) is 41.5 Å². The number of ether oxygens (including phenoxy) is 2. The van der Waals surface area contributed by atoms with Gasteiger partial charge in [0, 0.05) is 33.7 Å². The zero-order valence-electron chi connectivity index (χ0n) is 33.9. The van der Waals surface area contributed by atoms with Gasteiger partial charge in [0.1, 0.15) is 17.9 Å². The minimum atomic E-state index is -1.37. The Bertz CT molecular complexity index is 1460. The monoisotopic (exact) mass is 761 g/mol. The maximum Gasteiger partial charge on any atom is 0.326 e. The molecule has 304 valence electrons. The third kappa shape index (κ3) is 10.6. The number of methoxy groups -OCH3 is 2. The first-order valence-electron chi connectivity index (χ1n) is 19.3. The SMILES string of the molecule is CCC(C)C(C(CC(=O)N1[C@H](C(OC)[C@@H](C)C(=O)N[C@@H](Cc2ccccc2F)C(=O)O)C[C@@H]2C[C@@H]21)OC)N(C)C(=O)[C@@H](NC(=O)C(NC)C(C)C)C(C)C. The topological polar surface area (TPSA) is 167 Å². The summed E-state index contributed by atoms with van der Waals surface area (Å²) in [4.78, 5) is 70.8. The van der Waals surface area contributed by atoms with Crippen LogP contribution in [0, 0.1) is 35.4 Å². The highest BCUT2D eigenvalue weighted by Crippen LogP contribution is 2.50. The molecule has 54 heavy (non-hydrogen) atoms. The van der Waals surface area contributed by atoms with Crippen LogP contribution < -0.4 is 16.0 Å². The number of carbonyl (C=O) groups is 5. The molecule has 5 unspecified atom stereocenters. The van der Waals surface area contributed by atoms with Crippen LogP contribution in [0.4, 0.5) is 4.39 Å². The third-order valence-electron chi connectivity index (χ3n) is 11.6. The summed E-state index contributed by atoms with van der Waals surface area (Å²) in [6, 6.07) is 2.21. The quantitative estimate of drug-likeness (QED) is 0.147. The van der Waals surface area contributed by atoms with Crippen LogP contribution in [0.3, 0.4) is 0 Å². The molecule has 0 spiro atoms. The Morgan fingerprint density at radius 1 is 0.944 bits per heavy atom. The van der Waals surface area contributed by atoms with Crippen LogP contribution in [0.1, 0.15) is 79.7 Å². The van der Waals surface area contributed by atoms with Crippen LogP contribution in [0.15, 0.2) is 24.3 Å². The van der Waals surface area contributed by atoms with Gasteiger partial charge in [-0.25, -0.2) is 9.18 Å². The first-order chi connectivity index (χ1) is 25.4. The van der Waals surface area contributed by atoms with Crippen LogP contribution in [-0.4, -0.2) is 121 Å². The fourth-order valence-corrected chi connectivity index (χ4v) is 8.14. The van der Waals surface area contributed by atoms with Crippen LogP contribution >= 0.6 is 0 Å². The van der Waals surface area contributed by atoms with Crippen molar-refractivity contribution < 1.29 is 42.9 Å². The number of likely N-dealkylation sites (N-methyl/N-ethyl adjacent to an activating group) is 2. The Kier molecular flexibility index (Phi) is 16.4. The number of nitrogens with one attached hydrogen (secondary N) is 3. The predicted molar refractivity (Wildman–Crippen MR) is 203 cm³/mol. The Labute approximate surface area is 320 Å². The standard InChI is InChI=1S/C40H64FN5O8/c1-12-23(6)35(45(9)39(50)34(22(4)5)44-38(49)33(42-8)21(2)3)31(53-10)20-32(47)46-29-18-26(29)19-30(46)36(54-11)24(7)37(48)43-28(40(51)52)17-25-15-13-14-16-27(25)41/h13-16,21-24,26,28-31,33-36,42H,12,17-20H2,1-11H3,(H,43,48)(H,44,49)(H,51,52)/t23?,24-,26+,28+,29+,30+,31?,33?,34+,35?,36?/m1/s1. The molecule has 1 saturated carbocycles. The molecule has 14 heteroatoms. The minimum Gasteiger partial charge on any atom is -0.480 e. The molecule has 13 nitrogen and oxygen atoms in total. The second-order valence-electron chi connectivity index (χ2n) is 15.9. The lowest BCUT2D eigenvalue weighted by molar-refractivity contribution is -0.149. The van der Waals surface area contributed by atoms with Crippen LogP contribution in [0.5, 0.6) is 0 Å². The number of amides is 4. The summed E-state index contributed by atoms with van der Waals surface area (Å²) < 4.78 is 26.2. The number of hydrogen-bond acceptors (Lipinski definition) is 8. The maximum atomic E-state index is 14.4. The highest BCUT2D eigenvalue weighted by atomic mass is 19.1. The molecule has 1 aliphatic carbocycles. The molecule has 0 radical (unpaired) electrons. The van der Waals surface area contributed by atoms with Gasteiger partial charge in [0.25, 0.3) is 0 Å². The van der Waals surface area contributed by atoms with Gasteiger partial charge in [0.05, 0.1) is 42.7 Å². The average Bonchev–Trinajstić information content (AvgIpc) is 3.78. The van der Waals surface area contributed by atoms with E-state index in [0.717, 1.165) is 6.42 Å². The first-order valence-corrected chi connectivity index (χ1v) is 19.3. The molecule has 4 amide bonds. The summed E-state index contributed by atoms with van der Waals surface area (Å²) in [5.74, 6) is -4.01. The van der Waals surface area contributed by atoms with Crippen molar-refractivity contribution in [2.45, 2.75) is 129 Å². The second-order valence-corrected chi connectivity index (χ2v) is 15.9. The van der Waals surface area contributed by atoms with Crippen molar-refractivity contribution in [1.29, 1.82) is 0 Å². The molecule has 1 aliphatic heterocycles. The molecular formula is C40H64FN5O8. The van der Waals surface area contributed by atoms with Gasteiger partial charge in [-0.3, -0.25) is 19.2 Å². The lowest BCUT2D eigenvalue weighted by Gasteiger charge is -2.41. The number of piperidine rings is 1. The summed E-state index contributed by atoms with van der Waals surface area (Å²) in [6.45, 7) is 13.3. The van der Waals surface area contributed by atoms with Crippen molar-refractivity contribution in [3.63, 3.8) is 0 Å². The van der Waals surface area contributed by atoms with E-state index in [1.165, 1.54) is 32.4 Å². The molecule has 2 aliphatic rings. The number of hydrogen-bond donors (Lipinski definition) is 4. The highest BCUT2D eigenvalue weighted by molar-refractivity contribution is 5.90. The number of aliphatic carboxylic acids is 1. The molecule has 1 aromatic carbocycles. The molecule has 4 N–H and O–H groups in total. The van der Waals surface area contributed by atoms with Gasteiger partial charge in [-0.2, -0.15) is 0 Å². The molecule has 0 bridgehead atoms. The molecule has 2 fully saturated rings. The maximum absolute atomic E-state index is 14.4. The molecule has 1 heterocycles. The molecule has 3 rings (SSSR count). The van der Waals surface area contributed by atoms with Gasteiger partial charge in [0.2, 0.25) is 23.6 Å². The number of rotatable bonds is 21. The largest absolute Gasteiger partial charge is 0.480 e. The number of carboxylic acid groups (broad SMARTS) is 1. The predicted octanol–water partition coefficient (Wildman–Crippen LogP) is 3.24. The fraction of sp³-hybridized carbons (Fsp3) is 0.725. The summed E-state index contributed by atoms with van der Waals surface area (Å²) in [5.41, 5.74) is 0.169. The summed E-state index contributed by atoms with van der Waals surface area (Å²) >= 11 is 0. The highest BCUT2D eigenvalue weighted by Gasteiger charge is 2.57. The molecule has 0 aromatic heterocycles. The van der Waals surface area contributed by atoms with Crippen molar-refractivity contribution >= 4 is 29.6 Å². The summed E-state index contributed by atoms with van der Waals surface area (Å²) in [6.07, 6.45) is 0.457. The zero-order chi connectivity index (χ0) is 40.6. The van der Waals surface area contributed by atoms with Gasteiger partial charge in [-0.1, -0.05) is 73.1 Å². The van der Waals surface area contributed by atoms with Crippen molar-refractivity contribution in [2.75, 3.05) is 28.3 Å². The number of halogens is 1. The lowest BCUT2D eigenvalue weighted by Crippen LogP contribution is -2.59. The Morgan fingerprint density at radius 2 is 1.57 bits per heavy atom. The number of fused-ring (bicyclic) bond motifs is 1. The number of carboxylic acids is 1. The Hall–Kier alpha value is -3.62. The van der Waals surface area contributed by atoms with Crippen molar-refractivity contribution in [3.8, 4) is 0 Å². The van der Waals surface area contributed by atoms with Crippen molar-refractivity contribution in [2.24, 2.45) is 29.6 Å². The van der Waals surface area contributed by atoms with Crippen LogP contribution in [-0.2, 0) is 39.9 Å². The van der Waals surface area contributed by atoms with Gasteiger partial charge in [-0.05, 0) is 55.2 Å². The number of carbonyl (C=O) groups excluding carboxylic acids is 4. The van der Waals surface area contributed by atoms with Crippen molar-refractivity contribution in [3.05, 3.63) is 35.6 Å². The van der Waals surface area contributed by atoms with E-state index in [4.69, 9.17) is 9.47 Å². The zero-order valence-corrected chi connectivity index (χ0v) is 33.9.